The first-order valence-corrected chi connectivity index (χ1v) is 7.05. The number of nitrogens with two attached hydrogens (primary N) is 1. The number of hydrogen-bond donors (Lipinski definition) is 2. The van der Waals surface area contributed by atoms with Gasteiger partial charge in [-0.05, 0) is 38.3 Å². The molecule has 1 aromatic carbocycles. The van der Waals surface area contributed by atoms with E-state index in [0.29, 0.717) is 12.1 Å². The molecule has 1 aliphatic rings. The third-order valence-electron chi connectivity index (χ3n) is 3.75. The summed E-state index contributed by atoms with van der Waals surface area (Å²) in [5.74, 6) is -0.0637. The van der Waals surface area contributed by atoms with Crippen molar-refractivity contribution in [3.63, 3.8) is 0 Å². The van der Waals surface area contributed by atoms with Gasteiger partial charge in [-0.15, -0.1) is 5.10 Å². The van der Waals surface area contributed by atoms with Gasteiger partial charge in [-0.1, -0.05) is 23.4 Å². The molecule has 0 bridgehead atoms. The molecule has 1 aliphatic heterocycles. The zero-order valence-corrected chi connectivity index (χ0v) is 12.2. The van der Waals surface area contributed by atoms with E-state index in [1.807, 2.05) is 38.1 Å². The monoisotopic (exact) mass is 285 g/mol. The van der Waals surface area contributed by atoms with E-state index >= 15 is 0 Å². The maximum Gasteiger partial charge on any atom is 0.249 e. The van der Waals surface area contributed by atoms with Gasteiger partial charge in [-0.3, -0.25) is 4.79 Å². The first-order chi connectivity index (χ1) is 9.95. The van der Waals surface area contributed by atoms with Gasteiger partial charge >= 0.3 is 0 Å². The Morgan fingerprint density at radius 1 is 1.38 bits per heavy atom. The van der Waals surface area contributed by atoms with Crippen LogP contribution in [-0.4, -0.2) is 20.9 Å². The summed E-state index contributed by atoms with van der Waals surface area (Å²) in [5.41, 5.74) is 8.15. The third-order valence-corrected chi connectivity index (χ3v) is 3.75. The van der Waals surface area contributed by atoms with Gasteiger partial charge in [-0.25, -0.2) is 4.68 Å². The van der Waals surface area contributed by atoms with Crippen LogP contribution in [-0.2, 0) is 16.8 Å². The number of fused-ring (bicyclic) bond motifs is 1. The van der Waals surface area contributed by atoms with Crippen molar-refractivity contribution in [2.75, 3.05) is 5.32 Å². The highest BCUT2D eigenvalue weighted by atomic mass is 16.2. The molecule has 1 amide bonds. The number of rotatable bonds is 2. The van der Waals surface area contributed by atoms with Crippen molar-refractivity contribution in [1.82, 2.24) is 15.0 Å². The van der Waals surface area contributed by atoms with Crippen LogP contribution in [0.15, 0.2) is 30.5 Å². The average molecular weight is 285 g/mol. The maximum absolute atomic E-state index is 12.4. The zero-order chi connectivity index (χ0) is 15.0. The molecule has 0 radical (unpaired) electrons. The fourth-order valence-corrected chi connectivity index (χ4v) is 2.48. The lowest BCUT2D eigenvalue weighted by Crippen LogP contribution is -2.29. The topological polar surface area (TPSA) is 85.8 Å². The molecule has 3 rings (SSSR count). The van der Waals surface area contributed by atoms with E-state index in [1.165, 1.54) is 0 Å². The molecule has 0 aliphatic carbocycles. The van der Waals surface area contributed by atoms with Crippen LogP contribution in [0.3, 0.4) is 0 Å². The Balaban J connectivity index is 1.87. The minimum Gasteiger partial charge on any atom is -0.324 e. The number of para-hydroxylation sites is 1. The Kier molecular flexibility index (Phi) is 3.25. The van der Waals surface area contributed by atoms with E-state index in [1.54, 1.807) is 10.9 Å². The molecular weight excluding hydrogens is 266 g/mol. The van der Waals surface area contributed by atoms with Crippen molar-refractivity contribution in [3.05, 3.63) is 41.7 Å². The van der Waals surface area contributed by atoms with Crippen molar-refractivity contribution >= 4 is 11.6 Å². The van der Waals surface area contributed by atoms with Gasteiger partial charge in [0, 0.05) is 5.69 Å². The Hall–Kier alpha value is -2.21. The number of carbonyl (C=O) groups excluding carboxylic acids is 1. The Bertz CT molecular complexity index is 671. The van der Waals surface area contributed by atoms with Gasteiger partial charge in [0.05, 0.1) is 11.7 Å². The van der Waals surface area contributed by atoms with Crippen LogP contribution in [0.25, 0.3) is 0 Å². The van der Waals surface area contributed by atoms with Crippen molar-refractivity contribution in [2.45, 2.75) is 38.3 Å². The summed E-state index contributed by atoms with van der Waals surface area (Å²) >= 11 is 0. The molecule has 2 heterocycles. The molecule has 6 heteroatoms. The Morgan fingerprint density at radius 2 is 2.14 bits per heavy atom. The smallest absolute Gasteiger partial charge is 0.249 e. The molecule has 1 aromatic heterocycles. The van der Waals surface area contributed by atoms with Crippen LogP contribution >= 0.6 is 0 Å². The SMILES string of the molecule is CC(C)(N)c1cn(C2CCc3ccccc3NC2=O)nn1. The lowest BCUT2D eigenvalue weighted by Gasteiger charge is -2.15. The van der Waals surface area contributed by atoms with Crippen molar-refractivity contribution in [2.24, 2.45) is 5.73 Å². The van der Waals surface area contributed by atoms with Crippen LogP contribution in [0.5, 0.6) is 0 Å². The summed E-state index contributed by atoms with van der Waals surface area (Å²) < 4.78 is 1.62. The van der Waals surface area contributed by atoms with E-state index in [0.717, 1.165) is 17.7 Å². The van der Waals surface area contributed by atoms with Gasteiger partial charge in [0.25, 0.3) is 0 Å². The average Bonchev–Trinajstić information content (AvgIpc) is 2.84. The fraction of sp³-hybridized carbons (Fsp3) is 0.400. The highest BCUT2D eigenvalue weighted by molar-refractivity contribution is 5.95. The number of benzene rings is 1. The van der Waals surface area contributed by atoms with E-state index in [2.05, 4.69) is 15.6 Å². The second-order valence-electron chi connectivity index (χ2n) is 6.01. The van der Waals surface area contributed by atoms with Gasteiger partial charge in [0.1, 0.15) is 11.7 Å². The first kappa shape index (κ1) is 13.8. The van der Waals surface area contributed by atoms with E-state index < -0.39 is 5.54 Å². The number of aryl methyl sites for hydroxylation is 1. The molecular formula is C15H19N5O. The predicted molar refractivity (Wildman–Crippen MR) is 79.7 cm³/mol. The summed E-state index contributed by atoms with van der Waals surface area (Å²) in [6, 6.07) is 7.50. The standard InChI is InChI=1S/C15H19N5O/c1-15(2,16)13-9-20(19-18-13)12-8-7-10-5-3-4-6-11(10)17-14(12)21/h3-6,9,12H,7-8,16H2,1-2H3,(H,17,21). The molecule has 0 saturated heterocycles. The molecule has 110 valence electrons. The Morgan fingerprint density at radius 3 is 2.86 bits per heavy atom. The number of hydrogen-bond acceptors (Lipinski definition) is 4. The lowest BCUT2D eigenvalue weighted by molar-refractivity contribution is -0.119. The fourth-order valence-electron chi connectivity index (χ4n) is 2.48. The molecule has 1 unspecified atom stereocenters. The molecule has 6 nitrogen and oxygen atoms in total. The Labute approximate surface area is 123 Å². The molecule has 0 fully saturated rings. The number of amides is 1. The summed E-state index contributed by atoms with van der Waals surface area (Å²) in [6.45, 7) is 3.73. The molecule has 21 heavy (non-hydrogen) atoms. The highest BCUT2D eigenvalue weighted by Gasteiger charge is 2.27. The van der Waals surface area contributed by atoms with Crippen LogP contribution < -0.4 is 11.1 Å². The predicted octanol–water partition coefficient (Wildman–Crippen LogP) is 1.60. The van der Waals surface area contributed by atoms with Crippen LogP contribution in [0.1, 0.15) is 37.6 Å². The summed E-state index contributed by atoms with van der Waals surface area (Å²) in [5, 5.41) is 11.1. The van der Waals surface area contributed by atoms with Crippen LogP contribution in [0, 0.1) is 0 Å². The molecule has 0 saturated carbocycles. The number of carbonyl (C=O) groups is 1. The number of nitrogens with zero attached hydrogens (tertiary/aromatic N) is 3. The van der Waals surface area contributed by atoms with Crippen molar-refractivity contribution < 1.29 is 4.79 Å². The first-order valence-electron chi connectivity index (χ1n) is 7.05. The minimum atomic E-state index is -0.567. The van der Waals surface area contributed by atoms with Crippen molar-refractivity contribution in [3.8, 4) is 0 Å². The third kappa shape index (κ3) is 2.67. The van der Waals surface area contributed by atoms with Crippen molar-refractivity contribution in [1.29, 1.82) is 0 Å². The summed E-state index contributed by atoms with van der Waals surface area (Å²) in [7, 11) is 0. The molecule has 0 spiro atoms. The van der Waals surface area contributed by atoms with Crippen LogP contribution in [0.2, 0.25) is 0 Å². The van der Waals surface area contributed by atoms with Crippen LogP contribution in [0.4, 0.5) is 5.69 Å². The maximum atomic E-state index is 12.4. The van der Waals surface area contributed by atoms with E-state index in [4.69, 9.17) is 5.73 Å². The molecule has 3 N–H and O–H groups in total. The second kappa shape index (κ2) is 4.96. The molecule has 1 atom stereocenters. The molecule has 2 aromatic rings. The van der Waals surface area contributed by atoms with Gasteiger partial charge in [-0.2, -0.15) is 0 Å². The second-order valence-corrected chi connectivity index (χ2v) is 6.01. The lowest BCUT2D eigenvalue weighted by atomic mass is 10.0. The summed E-state index contributed by atoms with van der Waals surface area (Å²) in [4.78, 5) is 12.4. The minimum absolute atomic E-state index is 0.0637. The highest BCUT2D eigenvalue weighted by Crippen LogP contribution is 2.27. The van der Waals surface area contributed by atoms with Gasteiger partial charge in [0.15, 0.2) is 0 Å². The number of aromatic nitrogens is 3. The van der Waals surface area contributed by atoms with Gasteiger partial charge < -0.3 is 11.1 Å². The van der Waals surface area contributed by atoms with Gasteiger partial charge in [0.2, 0.25) is 5.91 Å². The normalized spacial score (nSPS) is 18.8. The number of anilines is 1. The van der Waals surface area contributed by atoms with E-state index in [9.17, 15) is 4.79 Å². The summed E-state index contributed by atoms with van der Waals surface area (Å²) in [6.07, 6.45) is 3.28. The number of nitrogens with one attached hydrogen (secondary N) is 1. The largest absolute Gasteiger partial charge is 0.324 e. The van der Waals surface area contributed by atoms with E-state index in [-0.39, 0.29) is 11.9 Å². The zero-order valence-electron chi connectivity index (χ0n) is 12.2. The quantitative estimate of drug-likeness (QED) is 0.877.